The predicted molar refractivity (Wildman–Crippen MR) is 61.8 cm³/mol. The zero-order chi connectivity index (χ0) is 10.2. The molecule has 0 aliphatic heterocycles. The van der Waals surface area contributed by atoms with Crippen molar-refractivity contribution in [2.45, 2.75) is 6.42 Å². The lowest BCUT2D eigenvalue weighted by molar-refractivity contribution is 0.0954. The van der Waals surface area contributed by atoms with Crippen LogP contribution in [0.15, 0.2) is 30.3 Å². The topological polar surface area (TPSA) is 29.1 Å². The highest BCUT2D eigenvalue weighted by atomic mass is 32.2. The lowest BCUT2D eigenvalue weighted by Gasteiger charge is -2.03. The van der Waals surface area contributed by atoms with Crippen LogP contribution < -0.4 is 5.32 Å². The molecular weight excluding hydrogens is 194 g/mol. The molecule has 1 aromatic carbocycles. The van der Waals surface area contributed by atoms with Crippen LogP contribution >= 0.6 is 11.8 Å². The van der Waals surface area contributed by atoms with Crippen molar-refractivity contribution in [1.82, 2.24) is 5.32 Å². The van der Waals surface area contributed by atoms with E-state index in [9.17, 15) is 4.79 Å². The monoisotopic (exact) mass is 209 g/mol. The molecule has 0 spiro atoms. The summed E-state index contributed by atoms with van der Waals surface area (Å²) in [7, 11) is 0. The zero-order valence-corrected chi connectivity index (χ0v) is 9.14. The zero-order valence-electron chi connectivity index (χ0n) is 8.32. The number of thioether (sulfide) groups is 1. The third-order valence-electron chi connectivity index (χ3n) is 1.85. The average Bonchev–Trinajstić information content (AvgIpc) is 2.25. The summed E-state index contributed by atoms with van der Waals surface area (Å²) in [6.07, 6.45) is 3.10. The number of rotatable bonds is 5. The summed E-state index contributed by atoms with van der Waals surface area (Å²) in [6, 6.07) is 9.30. The van der Waals surface area contributed by atoms with E-state index in [1.165, 1.54) is 0 Å². The Morgan fingerprint density at radius 3 is 2.71 bits per heavy atom. The summed E-state index contributed by atoms with van der Waals surface area (Å²) >= 11 is 1.80. The quantitative estimate of drug-likeness (QED) is 0.753. The third kappa shape index (κ3) is 3.83. The molecule has 0 radical (unpaired) electrons. The second kappa shape index (κ2) is 6.49. The molecule has 0 saturated heterocycles. The molecule has 0 bridgehead atoms. The molecule has 0 aliphatic carbocycles. The van der Waals surface area contributed by atoms with Crippen LogP contribution in [0.3, 0.4) is 0 Å². The molecule has 1 amide bonds. The number of amides is 1. The Kier molecular flexibility index (Phi) is 5.15. The lowest BCUT2D eigenvalue weighted by atomic mass is 10.2. The smallest absolute Gasteiger partial charge is 0.251 e. The van der Waals surface area contributed by atoms with Crippen molar-refractivity contribution in [2.24, 2.45) is 0 Å². The van der Waals surface area contributed by atoms with Gasteiger partial charge in [0.15, 0.2) is 0 Å². The summed E-state index contributed by atoms with van der Waals surface area (Å²) in [5, 5.41) is 2.88. The van der Waals surface area contributed by atoms with Gasteiger partial charge in [0, 0.05) is 12.1 Å². The van der Waals surface area contributed by atoms with Gasteiger partial charge in [0.1, 0.15) is 0 Å². The van der Waals surface area contributed by atoms with Gasteiger partial charge in [-0.3, -0.25) is 4.79 Å². The van der Waals surface area contributed by atoms with Crippen molar-refractivity contribution in [3.05, 3.63) is 35.9 Å². The number of carbonyl (C=O) groups excluding carboxylic acids is 1. The molecule has 76 valence electrons. The summed E-state index contributed by atoms with van der Waals surface area (Å²) in [5.74, 6) is 1.11. The molecule has 1 N–H and O–H groups in total. The minimum Gasteiger partial charge on any atom is -0.352 e. The van der Waals surface area contributed by atoms with Gasteiger partial charge >= 0.3 is 0 Å². The van der Waals surface area contributed by atoms with Gasteiger partial charge < -0.3 is 5.32 Å². The molecule has 1 rings (SSSR count). The van der Waals surface area contributed by atoms with Crippen LogP contribution in [0.25, 0.3) is 0 Å². The van der Waals surface area contributed by atoms with Crippen LogP contribution in [0, 0.1) is 0 Å². The van der Waals surface area contributed by atoms with E-state index in [1.807, 2.05) is 30.3 Å². The number of carbonyl (C=O) groups is 1. The Balaban J connectivity index is 2.29. The third-order valence-corrected chi connectivity index (χ3v) is 2.54. The lowest BCUT2D eigenvalue weighted by Crippen LogP contribution is -2.24. The fourth-order valence-electron chi connectivity index (χ4n) is 1.11. The molecule has 0 unspecified atom stereocenters. The molecule has 0 aliphatic rings. The van der Waals surface area contributed by atoms with E-state index in [2.05, 4.69) is 11.6 Å². The SMILES string of the molecule is CSCCCNC(=O)c1ccccc1. The largest absolute Gasteiger partial charge is 0.352 e. The molecular formula is C11H15NOS. The van der Waals surface area contributed by atoms with Gasteiger partial charge in [0.25, 0.3) is 5.91 Å². The number of benzene rings is 1. The first-order chi connectivity index (χ1) is 6.84. The first kappa shape index (κ1) is 11.1. The van der Waals surface area contributed by atoms with Gasteiger partial charge in [0.2, 0.25) is 0 Å². The molecule has 0 aromatic heterocycles. The first-order valence-electron chi connectivity index (χ1n) is 4.67. The maximum absolute atomic E-state index is 11.5. The van der Waals surface area contributed by atoms with Crippen molar-refractivity contribution >= 4 is 17.7 Å². The van der Waals surface area contributed by atoms with Crippen LogP contribution in [0.4, 0.5) is 0 Å². The molecule has 2 nitrogen and oxygen atoms in total. The second-order valence-corrected chi connectivity index (χ2v) is 3.95. The fraction of sp³-hybridized carbons (Fsp3) is 0.364. The molecule has 0 saturated carbocycles. The van der Waals surface area contributed by atoms with E-state index in [-0.39, 0.29) is 5.91 Å². The van der Waals surface area contributed by atoms with Crippen LogP contribution in [-0.2, 0) is 0 Å². The van der Waals surface area contributed by atoms with Crippen LogP contribution in [0.1, 0.15) is 16.8 Å². The summed E-state index contributed by atoms with van der Waals surface area (Å²) in [4.78, 5) is 11.5. The standard InChI is InChI=1S/C11H15NOS/c1-14-9-5-8-12-11(13)10-6-3-2-4-7-10/h2-4,6-7H,5,8-9H2,1H3,(H,12,13). The minimum atomic E-state index is 0.0201. The highest BCUT2D eigenvalue weighted by Gasteiger charge is 2.01. The van der Waals surface area contributed by atoms with E-state index in [4.69, 9.17) is 0 Å². The Morgan fingerprint density at radius 1 is 1.36 bits per heavy atom. The van der Waals surface area contributed by atoms with Crippen molar-refractivity contribution in [2.75, 3.05) is 18.6 Å². The number of hydrogen-bond acceptors (Lipinski definition) is 2. The Labute approximate surface area is 89.1 Å². The number of nitrogens with one attached hydrogen (secondary N) is 1. The Morgan fingerprint density at radius 2 is 2.07 bits per heavy atom. The normalized spacial score (nSPS) is 9.79. The maximum Gasteiger partial charge on any atom is 0.251 e. The summed E-state index contributed by atoms with van der Waals surface area (Å²) < 4.78 is 0. The van der Waals surface area contributed by atoms with E-state index in [1.54, 1.807) is 11.8 Å². The van der Waals surface area contributed by atoms with Gasteiger partial charge in [-0.2, -0.15) is 11.8 Å². The molecule has 3 heteroatoms. The second-order valence-electron chi connectivity index (χ2n) is 2.97. The van der Waals surface area contributed by atoms with Gasteiger partial charge in [-0.05, 0) is 30.6 Å². The minimum absolute atomic E-state index is 0.0201. The van der Waals surface area contributed by atoms with Gasteiger partial charge in [0.05, 0.1) is 0 Å². The van der Waals surface area contributed by atoms with Gasteiger partial charge in [-0.25, -0.2) is 0 Å². The summed E-state index contributed by atoms with van der Waals surface area (Å²) in [6.45, 7) is 0.758. The van der Waals surface area contributed by atoms with E-state index in [0.29, 0.717) is 0 Å². The Hall–Kier alpha value is -0.960. The molecule has 0 fully saturated rings. The predicted octanol–water partition coefficient (Wildman–Crippen LogP) is 2.17. The Bertz CT molecular complexity index is 274. The van der Waals surface area contributed by atoms with Crippen LogP contribution in [-0.4, -0.2) is 24.5 Å². The molecule has 1 aromatic rings. The first-order valence-corrected chi connectivity index (χ1v) is 6.06. The highest BCUT2D eigenvalue weighted by Crippen LogP contribution is 1.98. The van der Waals surface area contributed by atoms with E-state index < -0.39 is 0 Å². The average molecular weight is 209 g/mol. The van der Waals surface area contributed by atoms with Crippen LogP contribution in [0.2, 0.25) is 0 Å². The maximum atomic E-state index is 11.5. The van der Waals surface area contributed by atoms with Crippen molar-refractivity contribution in [1.29, 1.82) is 0 Å². The summed E-state index contributed by atoms with van der Waals surface area (Å²) in [5.41, 5.74) is 0.733. The molecule has 0 atom stereocenters. The fourth-order valence-corrected chi connectivity index (χ4v) is 1.54. The van der Waals surface area contributed by atoms with Crippen molar-refractivity contribution in [3.63, 3.8) is 0 Å². The molecule has 0 heterocycles. The number of hydrogen-bond donors (Lipinski definition) is 1. The van der Waals surface area contributed by atoms with E-state index >= 15 is 0 Å². The van der Waals surface area contributed by atoms with Crippen LogP contribution in [0.5, 0.6) is 0 Å². The van der Waals surface area contributed by atoms with Gasteiger partial charge in [-0.15, -0.1) is 0 Å². The van der Waals surface area contributed by atoms with E-state index in [0.717, 1.165) is 24.3 Å². The van der Waals surface area contributed by atoms with Crippen molar-refractivity contribution < 1.29 is 4.79 Å². The molecule has 14 heavy (non-hydrogen) atoms. The highest BCUT2D eigenvalue weighted by molar-refractivity contribution is 7.98. The van der Waals surface area contributed by atoms with Crippen molar-refractivity contribution in [3.8, 4) is 0 Å². The van der Waals surface area contributed by atoms with Gasteiger partial charge in [-0.1, -0.05) is 18.2 Å².